The number of hydrogen-bond donors (Lipinski definition) is 1. The summed E-state index contributed by atoms with van der Waals surface area (Å²) >= 11 is 0. The fraction of sp³-hybridized carbons (Fsp3) is 1.00. The average Bonchev–Trinajstić information content (AvgIpc) is 2.33. The van der Waals surface area contributed by atoms with E-state index in [0.717, 1.165) is 13.2 Å². The van der Waals surface area contributed by atoms with Gasteiger partial charge in [0.05, 0.1) is 12.7 Å². The van der Waals surface area contributed by atoms with Crippen molar-refractivity contribution in [2.75, 3.05) is 39.3 Å². The largest absolute Gasteiger partial charge is 0.377 e. The molecule has 0 aromatic rings. The Bertz CT molecular complexity index is 185. The minimum atomic E-state index is 0.570. The Morgan fingerprint density at radius 3 is 2.35 bits per heavy atom. The minimum Gasteiger partial charge on any atom is -0.377 e. The van der Waals surface area contributed by atoms with Gasteiger partial charge in [0, 0.05) is 6.54 Å². The Labute approximate surface area is 106 Å². The van der Waals surface area contributed by atoms with Gasteiger partial charge in [0.1, 0.15) is 0 Å². The predicted molar refractivity (Wildman–Crippen MR) is 71.4 cm³/mol. The number of hydrogen-bond acceptors (Lipinski definition) is 3. The Kier molecular flexibility index (Phi) is 6.32. The Hall–Kier alpha value is -0.120. The molecule has 0 atom stereocenters. The summed E-state index contributed by atoms with van der Waals surface area (Å²) in [7, 11) is 0. The maximum Gasteiger partial charge on any atom is 0.0597 e. The molecule has 1 N–H and O–H groups in total. The van der Waals surface area contributed by atoms with Crippen LogP contribution in [0.5, 0.6) is 0 Å². The molecule has 1 heterocycles. The van der Waals surface area contributed by atoms with Gasteiger partial charge in [0.25, 0.3) is 0 Å². The monoisotopic (exact) mass is 240 g/mol. The molecule has 3 heteroatoms. The highest BCUT2D eigenvalue weighted by molar-refractivity contribution is 4.67. The number of nitrogens with zero attached hydrogens (tertiary/aromatic N) is 1. The molecule has 100 valence electrons. The summed E-state index contributed by atoms with van der Waals surface area (Å²) in [5, 5.41) is 3.46. The van der Waals surface area contributed by atoms with Crippen LogP contribution in [0.25, 0.3) is 0 Å². The number of nitrogens with one attached hydrogen (secondary N) is 1. The summed E-state index contributed by atoms with van der Waals surface area (Å²) in [6, 6.07) is 0. The zero-order valence-electron chi connectivity index (χ0n) is 11.1. The van der Waals surface area contributed by atoms with E-state index >= 15 is 0 Å². The quantitative estimate of drug-likeness (QED) is 0.813. The second-order valence-corrected chi connectivity index (χ2v) is 5.43. The van der Waals surface area contributed by atoms with Crippen LogP contribution in [-0.4, -0.2) is 50.3 Å². The highest BCUT2D eigenvalue weighted by atomic mass is 16.5. The van der Waals surface area contributed by atoms with Crippen LogP contribution in [0.15, 0.2) is 0 Å². The Morgan fingerprint density at radius 1 is 0.941 bits per heavy atom. The molecule has 1 aliphatic carbocycles. The van der Waals surface area contributed by atoms with Crippen LogP contribution in [-0.2, 0) is 4.74 Å². The molecule has 0 unspecified atom stereocenters. The molecule has 17 heavy (non-hydrogen) atoms. The van der Waals surface area contributed by atoms with Crippen molar-refractivity contribution in [3.63, 3.8) is 0 Å². The van der Waals surface area contributed by atoms with Crippen molar-refractivity contribution in [2.24, 2.45) is 0 Å². The molecule has 0 amide bonds. The third-order valence-electron chi connectivity index (χ3n) is 3.97. The van der Waals surface area contributed by atoms with Crippen molar-refractivity contribution in [3.05, 3.63) is 0 Å². The van der Waals surface area contributed by atoms with Gasteiger partial charge < -0.3 is 15.0 Å². The van der Waals surface area contributed by atoms with Crippen LogP contribution < -0.4 is 5.32 Å². The first-order valence-corrected chi connectivity index (χ1v) is 7.50. The summed E-state index contributed by atoms with van der Waals surface area (Å²) in [5.41, 5.74) is 0. The molecule has 0 aromatic carbocycles. The van der Waals surface area contributed by atoms with Crippen molar-refractivity contribution in [3.8, 4) is 0 Å². The van der Waals surface area contributed by atoms with Crippen LogP contribution in [0, 0.1) is 0 Å². The lowest BCUT2D eigenvalue weighted by molar-refractivity contribution is 0.0155. The molecule has 0 aromatic heterocycles. The zero-order valence-corrected chi connectivity index (χ0v) is 11.1. The van der Waals surface area contributed by atoms with E-state index in [4.69, 9.17) is 4.74 Å². The van der Waals surface area contributed by atoms with E-state index in [2.05, 4.69) is 10.2 Å². The molecule has 0 bridgehead atoms. The molecular formula is C14H28N2O. The van der Waals surface area contributed by atoms with Gasteiger partial charge in [-0.05, 0) is 51.9 Å². The molecule has 1 aliphatic heterocycles. The van der Waals surface area contributed by atoms with Crippen LogP contribution in [0.1, 0.15) is 44.9 Å². The lowest BCUT2D eigenvalue weighted by atomic mass is 9.98. The number of rotatable bonds is 4. The maximum atomic E-state index is 6.00. The first-order valence-electron chi connectivity index (χ1n) is 7.50. The van der Waals surface area contributed by atoms with Gasteiger partial charge in [-0.25, -0.2) is 0 Å². The normalized spacial score (nSPS) is 25.4. The van der Waals surface area contributed by atoms with Gasteiger partial charge >= 0.3 is 0 Å². The second kappa shape index (κ2) is 8.06. The van der Waals surface area contributed by atoms with E-state index in [1.807, 2.05) is 0 Å². The van der Waals surface area contributed by atoms with Gasteiger partial charge in [-0.1, -0.05) is 19.3 Å². The van der Waals surface area contributed by atoms with E-state index in [-0.39, 0.29) is 0 Å². The lowest BCUT2D eigenvalue weighted by Crippen LogP contribution is -2.36. The van der Waals surface area contributed by atoms with E-state index < -0.39 is 0 Å². The van der Waals surface area contributed by atoms with E-state index in [1.165, 1.54) is 71.1 Å². The molecule has 1 saturated carbocycles. The van der Waals surface area contributed by atoms with E-state index in [9.17, 15) is 0 Å². The highest BCUT2D eigenvalue weighted by Gasteiger charge is 2.14. The Balaban J connectivity index is 1.56. The third-order valence-corrected chi connectivity index (χ3v) is 3.97. The molecule has 1 saturated heterocycles. The topological polar surface area (TPSA) is 24.5 Å². The Morgan fingerprint density at radius 2 is 1.65 bits per heavy atom. The van der Waals surface area contributed by atoms with Gasteiger partial charge in [-0.2, -0.15) is 0 Å². The van der Waals surface area contributed by atoms with Crippen molar-refractivity contribution in [1.29, 1.82) is 0 Å². The summed E-state index contributed by atoms with van der Waals surface area (Å²) in [6.45, 7) is 6.91. The van der Waals surface area contributed by atoms with Crippen molar-refractivity contribution in [1.82, 2.24) is 10.2 Å². The van der Waals surface area contributed by atoms with Crippen LogP contribution in [0.2, 0.25) is 0 Å². The zero-order chi connectivity index (χ0) is 11.8. The van der Waals surface area contributed by atoms with E-state index in [0.29, 0.717) is 6.10 Å². The maximum absolute atomic E-state index is 6.00. The summed E-state index contributed by atoms with van der Waals surface area (Å²) in [4.78, 5) is 2.57. The summed E-state index contributed by atoms with van der Waals surface area (Å²) in [5.74, 6) is 0. The minimum absolute atomic E-state index is 0.570. The lowest BCUT2D eigenvalue weighted by Gasteiger charge is -2.27. The average molecular weight is 240 g/mol. The molecule has 2 fully saturated rings. The summed E-state index contributed by atoms with van der Waals surface area (Å²) in [6.07, 6.45) is 9.89. The molecule has 2 rings (SSSR count). The SMILES string of the molecule is C1CCC(OCCN2CCCNCCC2)CC1. The molecule has 0 radical (unpaired) electrons. The van der Waals surface area contributed by atoms with Crippen LogP contribution in [0.4, 0.5) is 0 Å². The molecular weight excluding hydrogens is 212 g/mol. The molecule has 0 spiro atoms. The van der Waals surface area contributed by atoms with Gasteiger partial charge in [0.2, 0.25) is 0 Å². The van der Waals surface area contributed by atoms with Crippen LogP contribution in [0.3, 0.4) is 0 Å². The first kappa shape index (κ1) is 13.3. The smallest absolute Gasteiger partial charge is 0.0597 e. The van der Waals surface area contributed by atoms with Crippen LogP contribution >= 0.6 is 0 Å². The van der Waals surface area contributed by atoms with Crippen molar-refractivity contribution < 1.29 is 4.74 Å². The van der Waals surface area contributed by atoms with Crippen molar-refractivity contribution >= 4 is 0 Å². The summed E-state index contributed by atoms with van der Waals surface area (Å²) < 4.78 is 6.00. The standard InChI is InChI=1S/C14H28N2O/c1-2-6-14(7-3-1)17-13-12-16-10-4-8-15-9-5-11-16/h14-15H,1-13H2. The predicted octanol–water partition coefficient (Wildman–Crippen LogP) is 2.02. The van der Waals surface area contributed by atoms with Gasteiger partial charge in [0.15, 0.2) is 0 Å². The fourth-order valence-corrected chi connectivity index (χ4v) is 2.90. The van der Waals surface area contributed by atoms with Gasteiger partial charge in [-0.3, -0.25) is 0 Å². The van der Waals surface area contributed by atoms with Crippen molar-refractivity contribution in [2.45, 2.75) is 51.0 Å². The number of ether oxygens (including phenoxy) is 1. The van der Waals surface area contributed by atoms with Gasteiger partial charge in [-0.15, -0.1) is 0 Å². The molecule has 2 aliphatic rings. The fourth-order valence-electron chi connectivity index (χ4n) is 2.90. The second-order valence-electron chi connectivity index (χ2n) is 5.43. The third kappa shape index (κ3) is 5.36. The van der Waals surface area contributed by atoms with E-state index in [1.54, 1.807) is 0 Å². The highest BCUT2D eigenvalue weighted by Crippen LogP contribution is 2.20. The molecule has 3 nitrogen and oxygen atoms in total. The first-order chi connectivity index (χ1) is 8.45.